The second kappa shape index (κ2) is 8.35. The van der Waals surface area contributed by atoms with Crippen LogP contribution in [-0.2, 0) is 16.0 Å². The number of amides is 2. The highest BCUT2D eigenvalue weighted by molar-refractivity contribution is 6.30. The van der Waals surface area contributed by atoms with Crippen molar-refractivity contribution in [2.75, 3.05) is 19.6 Å². The van der Waals surface area contributed by atoms with E-state index in [1.54, 1.807) is 11.1 Å². The number of aromatic nitrogens is 1. The zero-order chi connectivity index (χ0) is 19.5. The molecule has 0 radical (unpaired) electrons. The maximum absolute atomic E-state index is 12.9. The summed E-state index contributed by atoms with van der Waals surface area (Å²) >= 11 is 6.05. The van der Waals surface area contributed by atoms with Crippen LogP contribution in [0.15, 0.2) is 34.9 Å². The maximum Gasteiger partial charge on any atom is 0.242 e. The van der Waals surface area contributed by atoms with E-state index in [-0.39, 0.29) is 24.4 Å². The zero-order valence-electron chi connectivity index (χ0n) is 15.8. The minimum absolute atomic E-state index is 0.0189. The van der Waals surface area contributed by atoms with Crippen LogP contribution in [0.1, 0.15) is 55.4 Å². The van der Waals surface area contributed by atoms with Crippen LogP contribution >= 0.6 is 11.6 Å². The summed E-state index contributed by atoms with van der Waals surface area (Å²) in [6.45, 7) is 1.51. The Morgan fingerprint density at radius 2 is 2.14 bits per heavy atom. The van der Waals surface area contributed by atoms with Crippen molar-refractivity contribution in [3.05, 3.63) is 52.7 Å². The Hall–Kier alpha value is -2.34. The number of carbonyl (C=O) groups excluding carboxylic acids is 2. The average molecular weight is 402 g/mol. The van der Waals surface area contributed by atoms with Gasteiger partial charge in [0.15, 0.2) is 0 Å². The molecule has 0 unspecified atom stereocenters. The summed E-state index contributed by atoms with van der Waals surface area (Å²) in [5.41, 5.74) is 1.05. The van der Waals surface area contributed by atoms with Crippen LogP contribution in [-0.4, -0.2) is 46.2 Å². The van der Waals surface area contributed by atoms with Crippen molar-refractivity contribution in [3.63, 3.8) is 0 Å². The lowest BCUT2D eigenvalue weighted by Gasteiger charge is -2.34. The summed E-state index contributed by atoms with van der Waals surface area (Å²) < 4.78 is 6.01. The van der Waals surface area contributed by atoms with Gasteiger partial charge in [-0.25, -0.2) is 4.98 Å². The fraction of sp³-hybridized carbons (Fsp3) is 0.476. The highest BCUT2D eigenvalue weighted by Gasteiger charge is 2.33. The van der Waals surface area contributed by atoms with Gasteiger partial charge in [-0.2, -0.15) is 0 Å². The number of likely N-dealkylation sites (tertiary alicyclic amines) is 2. The van der Waals surface area contributed by atoms with Gasteiger partial charge in [0.1, 0.15) is 11.8 Å². The Kier molecular flexibility index (Phi) is 5.67. The number of oxazole rings is 1. The molecule has 7 heteroatoms. The second-order valence-electron chi connectivity index (χ2n) is 7.49. The Morgan fingerprint density at radius 3 is 2.93 bits per heavy atom. The predicted molar refractivity (Wildman–Crippen MR) is 105 cm³/mol. The lowest BCUT2D eigenvalue weighted by molar-refractivity contribution is -0.141. The third-order valence-corrected chi connectivity index (χ3v) is 5.68. The zero-order valence-corrected chi connectivity index (χ0v) is 16.5. The van der Waals surface area contributed by atoms with Gasteiger partial charge in [-0.3, -0.25) is 9.59 Å². The largest absolute Gasteiger partial charge is 0.443 e. The number of piperidine rings is 1. The fourth-order valence-corrected chi connectivity index (χ4v) is 4.23. The molecule has 6 nitrogen and oxygen atoms in total. The number of benzene rings is 1. The van der Waals surface area contributed by atoms with Crippen LogP contribution < -0.4 is 0 Å². The van der Waals surface area contributed by atoms with Gasteiger partial charge in [-0.15, -0.1) is 0 Å². The SMILES string of the molecule is O=C1CCCN1CC(=O)N1CCCC[C@H]1c1ncc(Cc2cccc(Cl)c2)o1. The molecule has 4 rings (SSSR count). The molecule has 2 aliphatic heterocycles. The number of rotatable bonds is 5. The molecule has 1 atom stereocenters. The normalized spacial score (nSPS) is 20.0. The Labute approximate surface area is 169 Å². The summed E-state index contributed by atoms with van der Waals surface area (Å²) in [5, 5.41) is 0.692. The molecule has 2 aromatic rings. The van der Waals surface area contributed by atoms with Gasteiger partial charge in [-0.05, 0) is 43.4 Å². The number of halogens is 1. The molecule has 1 aromatic heterocycles. The second-order valence-corrected chi connectivity index (χ2v) is 7.93. The van der Waals surface area contributed by atoms with Gasteiger partial charge < -0.3 is 14.2 Å². The first kappa shape index (κ1) is 19.0. The van der Waals surface area contributed by atoms with Crippen LogP contribution in [0.3, 0.4) is 0 Å². The minimum atomic E-state index is -0.160. The molecule has 0 bridgehead atoms. The van der Waals surface area contributed by atoms with E-state index in [1.165, 1.54) is 0 Å². The van der Waals surface area contributed by atoms with E-state index >= 15 is 0 Å². The van der Waals surface area contributed by atoms with Gasteiger partial charge in [0.05, 0.1) is 12.7 Å². The monoisotopic (exact) mass is 401 g/mol. The maximum atomic E-state index is 12.9. The van der Waals surface area contributed by atoms with E-state index in [1.807, 2.05) is 29.2 Å². The molecule has 148 valence electrons. The molecule has 28 heavy (non-hydrogen) atoms. The molecule has 2 fully saturated rings. The van der Waals surface area contributed by atoms with Crippen molar-refractivity contribution in [1.29, 1.82) is 0 Å². The van der Waals surface area contributed by atoms with Gasteiger partial charge in [0.2, 0.25) is 17.7 Å². The van der Waals surface area contributed by atoms with Crippen LogP contribution in [0, 0.1) is 0 Å². The number of carbonyl (C=O) groups is 2. The summed E-state index contributed by atoms with van der Waals surface area (Å²) in [5.74, 6) is 1.39. The van der Waals surface area contributed by atoms with E-state index < -0.39 is 0 Å². The molecule has 0 aliphatic carbocycles. The highest BCUT2D eigenvalue weighted by Crippen LogP contribution is 2.31. The molecule has 0 N–H and O–H groups in total. The first-order valence-corrected chi connectivity index (χ1v) is 10.2. The van der Waals surface area contributed by atoms with Crippen LogP contribution in [0.5, 0.6) is 0 Å². The molecule has 0 spiro atoms. The highest BCUT2D eigenvalue weighted by atomic mass is 35.5. The van der Waals surface area contributed by atoms with Crippen molar-refractivity contribution in [1.82, 2.24) is 14.8 Å². The third-order valence-electron chi connectivity index (χ3n) is 5.44. The number of hydrogen-bond donors (Lipinski definition) is 0. The van der Waals surface area contributed by atoms with Gasteiger partial charge in [-0.1, -0.05) is 23.7 Å². The van der Waals surface area contributed by atoms with Crippen LogP contribution in [0.25, 0.3) is 0 Å². The Bertz CT molecular complexity index is 866. The van der Waals surface area contributed by atoms with E-state index in [0.29, 0.717) is 36.8 Å². The summed E-state index contributed by atoms with van der Waals surface area (Å²) in [6, 6.07) is 7.50. The van der Waals surface area contributed by atoms with E-state index in [9.17, 15) is 9.59 Å². The molecule has 1 aromatic carbocycles. The quantitative estimate of drug-likeness (QED) is 0.767. The molecule has 2 aliphatic rings. The van der Waals surface area contributed by atoms with E-state index in [4.69, 9.17) is 16.0 Å². The van der Waals surface area contributed by atoms with E-state index in [2.05, 4.69) is 4.98 Å². The van der Waals surface area contributed by atoms with Crippen molar-refractivity contribution >= 4 is 23.4 Å². The molecular formula is C21H24ClN3O3. The smallest absolute Gasteiger partial charge is 0.242 e. The fourth-order valence-electron chi connectivity index (χ4n) is 4.02. The first-order chi connectivity index (χ1) is 13.6. The molecular weight excluding hydrogens is 378 g/mol. The van der Waals surface area contributed by atoms with Crippen molar-refractivity contribution in [2.45, 2.75) is 44.6 Å². The van der Waals surface area contributed by atoms with Gasteiger partial charge >= 0.3 is 0 Å². The van der Waals surface area contributed by atoms with Crippen LogP contribution in [0.2, 0.25) is 5.02 Å². The van der Waals surface area contributed by atoms with Gasteiger partial charge in [0, 0.05) is 31.0 Å². The third kappa shape index (κ3) is 4.22. The topological polar surface area (TPSA) is 66.7 Å². The molecule has 3 heterocycles. The number of hydrogen-bond acceptors (Lipinski definition) is 4. The standard InChI is InChI=1S/C21H24ClN3O3/c22-16-6-3-5-15(11-16)12-17-13-23-21(28-17)18-7-1-2-10-25(18)20(27)14-24-9-4-8-19(24)26/h3,5-6,11,13,18H,1-2,4,7-10,12,14H2/t18-/m0/s1. The Morgan fingerprint density at radius 1 is 1.25 bits per heavy atom. The van der Waals surface area contributed by atoms with Crippen molar-refractivity contribution in [2.24, 2.45) is 0 Å². The lowest BCUT2D eigenvalue weighted by atomic mass is 10.0. The van der Waals surface area contributed by atoms with Gasteiger partial charge in [0.25, 0.3) is 0 Å². The van der Waals surface area contributed by atoms with Crippen LogP contribution in [0.4, 0.5) is 0 Å². The molecule has 2 saturated heterocycles. The lowest BCUT2D eigenvalue weighted by Crippen LogP contribution is -2.44. The molecule has 2 amide bonds. The number of nitrogens with zero attached hydrogens (tertiary/aromatic N) is 3. The summed E-state index contributed by atoms with van der Waals surface area (Å²) in [6.07, 6.45) is 6.55. The van der Waals surface area contributed by atoms with Crippen molar-refractivity contribution in [3.8, 4) is 0 Å². The van der Waals surface area contributed by atoms with Crippen molar-refractivity contribution < 1.29 is 14.0 Å². The Balaban J connectivity index is 1.46. The van der Waals surface area contributed by atoms with E-state index in [0.717, 1.165) is 37.0 Å². The summed E-state index contributed by atoms with van der Waals surface area (Å²) in [4.78, 5) is 32.7. The minimum Gasteiger partial charge on any atom is -0.443 e. The summed E-state index contributed by atoms with van der Waals surface area (Å²) in [7, 11) is 0. The first-order valence-electron chi connectivity index (χ1n) is 9.86. The predicted octanol–water partition coefficient (Wildman–Crippen LogP) is 3.59. The molecule has 0 saturated carbocycles. The average Bonchev–Trinajstić information content (AvgIpc) is 3.31.